The Morgan fingerprint density at radius 1 is 0.771 bits per heavy atom. The number of fused-ring (bicyclic) bond motifs is 1. The van der Waals surface area contributed by atoms with Crippen LogP contribution in [0.3, 0.4) is 0 Å². The summed E-state index contributed by atoms with van der Waals surface area (Å²) in [5.41, 5.74) is 1.11. The average molecular weight is 501 g/mol. The van der Waals surface area contributed by atoms with Gasteiger partial charge in [-0.15, -0.1) is 0 Å². The molecule has 0 spiro atoms. The van der Waals surface area contributed by atoms with E-state index < -0.39 is 30.4 Å². The fraction of sp³-hybridized carbons (Fsp3) is 0.625. The zero-order chi connectivity index (χ0) is 25.3. The number of ether oxygens (including phenoxy) is 10. The normalized spacial score (nSPS) is 24.9. The first kappa shape index (κ1) is 29.3. The average Bonchev–Trinajstić information content (AvgIpc) is 2.88. The predicted octanol–water partition coefficient (Wildman–Crippen LogP) is 1.84. The third-order valence-corrected chi connectivity index (χ3v) is 4.97. The fourth-order valence-corrected chi connectivity index (χ4v) is 3.40. The molecule has 1 aliphatic heterocycles. The van der Waals surface area contributed by atoms with Crippen LogP contribution in [0.15, 0.2) is 30.3 Å². The van der Waals surface area contributed by atoms with Crippen molar-refractivity contribution in [1.29, 1.82) is 0 Å². The van der Waals surface area contributed by atoms with E-state index in [9.17, 15) is 4.79 Å². The van der Waals surface area contributed by atoms with Crippen molar-refractivity contribution in [2.45, 2.75) is 24.4 Å². The van der Waals surface area contributed by atoms with E-state index in [0.717, 1.165) is 0 Å². The smallest absolute Gasteiger partial charge is 0.338 e. The molecule has 1 aliphatic rings. The van der Waals surface area contributed by atoms with Crippen molar-refractivity contribution in [2.24, 2.45) is 0 Å². The van der Waals surface area contributed by atoms with E-state index in [2.05, 4.69) is 0 Å². The van der Waals surface area contributed by atoms with Crippen molar-refractivity contribution in [2.75, 3.05) is 75.4 Å². The molecule has 0 saturated heterocycles. The molecule has 1 heterocycles. The number of hydrogen-bond acceptors (Lipinski definition) is 11. The molecule has 0 bridgehead atoms. The Kier molecular flexibility index (Phi) is 14.6. The van der Waals surface area contributed by atoms with Gasteiger partial charge in [-0.05, 0) is 11.6 Å². The van der Waals surface area contributed by atoms with Gasteiger partial charge in [-0.3, -0.25) is 0 Å². The van der Waals surface area contributed by atoms with Gasteiger partial charge >= 0.3 is 5.97 Å². The number of hydrogen-bond donors (Lipinski definition) is 0. The van der Waals surface area contributed by atoms with Crippen LogP contribution in [0.25, 0.3) is 6.08 Å². The van der Waals surface area contributed by atoms with Gasteiger partial charge in [0.05, 0.1) is 18.8 Å². The lowest BCUT2D eigenvalue weighted by Crippen LogP contribution is -2.53. The zero-order valence-corrected chi connectivity index (χ0v) is 20.7. The van der Waals surface area contributed by atoms with Crippen LogP contribution >= 0.6 is 0 Å². The third-order valence-electron chi connectivity index (χ3n) is 4.97. The minimum atomic E-state index is -0.827. The molecular weight excluding hydrogens is 464 g/mol. The van der Waals surface area contributed by atoms with Gasteiger partial charge in [-0.1, -0.05) is 30.4 Å². The van der Waals surface area contributed by atoms with Gasteiger partial charge in [-0.2, -0.15) is 0 Å². The fourth-order valence-electron chi connectivity index (χ4n) is 3.40. The third kappa shape index (κ3) is 9.92. The number of carbonyl (C=O) groups excluding carboxylic acids is 1. The summed E-state index contributed by atoms with van der Waals surface area (Å²) in [7, 11) is 5.99. The first-order valence-corrected chi connectivity index (χ1v) is 11.1. The van der Waals surface area contributed by atoms with Crippen LogP contribution in [-0.4, -0.2) is 106 Å². The quantitative estimate of drug-likeness (QED) is 0.310. The molecule has 0 aliphatic carbocycles. The van der Waals surface area contributed by atoms with E-state index in [0.29, 0.717) is 11.1 Å². The molecule has 2 rings (SSSR count). The van der Waals surface area contributed by atoms with Crippen molar-refractivity contribution in [3.05, 3.63) is 41.5 Å². The molecule has 0 fully saturated rings. The number of methoxy groups -OCH3 is 4. The Hall–Kier alpha value is -1.93. The second-order valence-corrected chi connectivity index (χ2v) is 7.42. The van der Waals surface area contributed by atoms with Crippen LogP contribution < -0.4 is 0 Å². The van der Waals surface area contributed by atoms with E-state index >= 15 is 0 Å². The highest BCUT2D eigenvalue weighted by Gasteiger charge is 2.39. The monoisotopic (exact) mass is 500 g/mol. The first-order valence-electron chi connectivity index (χ1n) is 11.1. The van der Waals surface area contributed by atoms with Crippen molar-refractivity contribution >= 4 is 12.0 Å². The number of cyclic esters (lactones) is 1. The van der Waals surface area contributed by atoms with Gasteiger partial charge in [0.1, 0.15) is 58.2 Å². The lowest BCUT2D eigenvalue weighted by molar-refractivity contribution is -0.247. The minimum Gasteiger partial charge on any atom is -0.459 e. The van der Waals surface area contributed by atoms with Crippen LogP contribution in [0.2, 0.25) is 0 Å². The SMILES string of the molecule is COCO[C@H]1[C@H](OCOC)[C@H](OCOC)COC(=O)c2ccccc2/C=C/COC[C@H]1OCOC. The molecule has 0 amide bonds. The summed E-state index contributed by atoms with van der Waals surface area (Å²) in [5, 5.41) is 0. The Balaban J connectivity index is 2.44. The molecule has 1 aromatic rings. The molecule has 1 aromatic carbocycles. The topological polar surface area (TPSA) is 109 Å². The van der Waals surface area contributed by atoms with Gasteiger partial charge in [0, 0.05) is 28.4 Å². The highest BCUT2D eigenvalue weighted by atomic mass is 16.7. The van der Waals surface area contributed by atoms with E-state index in [-0.39, 0.29) is 47.0 Å². The molecule has 4 atom stereocenters. The zero-order valence-electron chi connectivity index (χ0n) is 20.7. The van der Waals surface area contributed by atoms with Crippen molar-refractivity contribution < 1.29 is 52.2 Å². The maximum Gasteiger partial charge on any atom is 0.338 e. The molecule has 0 radical (unpaired) electrons. The summed E-state index contributed by atoms with van der Waals surface area (Å²) in [6.45, 7) is 0.0222. The summed E-state index contributed by atoms with van der Waals surface area (Å²) < 4.78 is 55.6. The Labute approximate surface area is 206 Å². The van der Waals surface area contributed by atoms with E-state index in [1.54, 1.807) is 24.3 Å². The maximum atomic E-state index is 12.9. The molecule has 0 unspecified atom stereocenters. The van der Waals surface area contributed by atoms with Crippen molar-refractivity contribution in [3.63, 3.8) is 0 Å². The lowest BCUT2D eigenvalue weighted by atomic mass is 10.0. The summed E-state index contributed by atoms with van der Waals surface area (Å²) in [4.78, 5) is 12.9. The summed E-state index contributed by atoms with van der Waals surface area (Å²) in [6, 6.07) is 7.12. The van der Waals surface area contributed by atoms with Gasteiger partial charge < -0.3 is 47.4 Å². The van der Waals surface area contributed by atoms with Crippen LogP contribution in [-0.2, 0) is 47.4 Å². The van der Waals surface area contributed by atoms with Crippen molar-refractivity contribution in [1.82, 2.24) is 0 Å². The molecule has 0 N–H and O–H groups in total. The second-order valence-electron chi connectivity index (χ2n) is 7.42. The van der Waals surface area contributed by atoms with Crippen LogP contribution in [0.4, 0.5) is 0 Å². The molecule has 198 valence electrons. The summed E-state index contributed by atoms with van der Waals surface area (Å²) >= 11 is 0. The predicted molar refractivity (Wildman–Crippen MR) is 124 cm³/mol. The molecule has 0 aromatic heterocycles. The highest BCUT2D eigenvalue weighted by molar-refractivity contribution is 5.93. The number of esters is 1. The molecule has 11 heteroatoms. The van der Waals surface area contributed by atoms with Gasteiger partial charge in [0.2, 0.25) is 0 Å². The largest absolute Gasteiger partial charge is 0.459 e. The first-order chi connectivity index (χ1) is 17.2. The minimum absolute atomic E-state index is 0.0142. The van der Waals surface area contributed by atoms with Crippen LogP contribution in [0.5, 0.6) is 0 Å². The number of rotatable bonds is 12. The van der Waals surface area contributed by atoms with Gasteiger partial charge in [0.15, 0.2) is 0 Å². The van der Waals surface area contributed by atoms with Crippen molar-refractivity contribution in [3.8, 4) is 0 Å². The standard InChI is InChI=1S/C24H36O11/c1-26-14-32-20-12-30-11-7-9-18-8-5-6-10-19(18)24(25)31-13-21(33-15-27-2)23(35-17-29-4)22(20)34-16-28-3/h5-10,20-23H,11-17H2,1-4H3/b9-7+/t20-,21-,22-,23-/m1/s1. The maximum absolute atomic E-state index is 12.9. The molecular formula is C24H36O11. The summed E-state index contributed by atoms with van der Waals surface area (Å²) in [5.74, 6) is -0.513. The number of benzene rings is 1. The Morgan fingerprint density at radius 2 is 1.31 bits per heavy atom. The molecule has 0 saturated carbocycles. The van der Waals surface area contributed by atoms with E-state index in [1.807, 2.05) is 12.1 Å². The molecule has 11 nitrogen and oxygen atoms in total. The highest BCUT2D eigenvalue weighted by Crippen LogP contribution is 2.21. The summed E-state index contributed by atoms with van der Waals surface area (Å²) in [6.07, 6.45) is 0.539. The van der Waals surface area contributed by atoms with Crippen LogP contribution in [0.1, 0.15) is 15.9 Å². The number of carbonyl (C=O) groups is 1. The Bertz CT molecular complexity index is 742. The molecule has 35 heavy (non-hydrogen) atoms. The lowest BCUT2D eigenvalue weighted by Gasteiger charge is -2.36. The Morgan fingerprint density at radius 3 is 1.91 bits per heavy atom. The van der Waals surface area contributed by atoms with E-state index in [1.165, 1.54) is 28.4 Å². The van der Waals surface area contributed by atoms with Gasteiger partial charge in [-0.25, -0.2) is 4.79 Å². The van der Waals surface area contributed by atoms with Gasteiger partial charge in [0.25, 0.3) is 0 Å². The van der Waals surface area contributed by atoms with E-state index in [4.69, 9.17) is 47.4 Å². The van der Waals surface area contributed by atoms with Crippen LogP contribution in [0, 0.1) is 0 Å². The second kappa shape index (κ2) is 17.5.